The van der Waals surface area contributed by atoms with Gasteiger partial charge in [-0.3, -0.25) is 4.40 Å². The molecule has 0 unspecified atom stereocenters. The molecule has 3 aromatic carbocycles. The quantitative estimate of drug-likeness (QED) is 0.213. The fourth-order valence-corrected chi connectivity index (χ4v) is 5.13. The lowest BCUT2D eigenvalue weighted by molar-refractivity contribution is 0.281. The SMILES string of the molecule is Nc1nccn2c(-c3ccccc3)nc(-c3cccc(NSc4cc(Cl)cc(CO)c4Cl)c3F)c12. The van der Waals surface area contributed by atoms with Gasteiger partial charge in [0.05, 0.1) is 17.3 Å². The molecule has 0 fully saturated rings. The van der Waals surface area contributed by atoms with E-state index in [0.29, 0.717) is 37.5 Å². The number of aromatic nitrogens is 3. The molecule has 5 aromatic rings. The summed E-state index contributed by atoms with van der Waals surface area (Å²) in [6.07, 6.45) is 3.33. The Morgan fingerprint density at radius 2 is 1.89 bits per heavy atom. The van der Waals surface area contributed by atoms with Crippen LogP contribution in [0.2, 0.25) is 10.0 Å². The van der Waals surface area contributed by atoms with Crippen molar-refractivity contribution < 1.29 is 9.50 Å². The number of benzene rings is 3. The average molecular weight is 526 g/mol. The van der Waals surface area contributed by atoms with Crippen molar-refractivity contribution in [1.29, 1.82) is 0 Å². The zero-order chi connectivity index (χ0) is 24.5. The molecular weight excluding hydrogens is 508 g/mol. The third-order valence-electron chi connectivity index (χ3n) is 5.39. The van der Waals surface area contributed by atoms with Crippen molar-refractivity contribution in [2.45, 2.75) is 11.5 Å². The van der Waals surface area contributed by atoms with Crippen LogP contribution in [0.5, 0.6) is 0 Å². The molecule has 10 heteroatoms. The summed E-state index contributed by atoms with van der Waals surface area (Å²) in [7, 11) is 0. The zero-order valence-electron chi connectivity index (χ0n) is 18.0. The number of rotatable bonds is 6. The second kappa shape index (κ2) is 9.75. The van der Waals surface area contributed by atoms with Crippen LogP contribution < -0.4 is 10.5 Å². The van der Waals surface area contributed by atoms with E-state index in [1.54, 1.807) is 42.7 Å². The van der Waals surface area contributed by atoms with Crippen molar-refractivity contribution >= 4 is 52.2 Å². The Hall–Kier alpha value is -3.30. The number of hydrogen-bond acceptors (Lipinski definition) is 6. The van der Waals surface area contributed by atoms with Gasteiger partial charge in [0.1, 0.15) is 22.9 Å². The number of aliphatic hydroxyl groups is 1. The van der Waals surface area contributed by atoms with Crippen LogP contribution in [-0.4, -0.2) is 19.5 Å². The van der Waals surface area contributed by atoms with Crippen LogP contribution in [0.1, 0.15) is 5.56 Å². The predicted octanol–water partition coefficient (Wildman–Crippen LogP) is 6.70. The number of anilines is 2. The molecule has 35 heavy (non-hydrogen) atoms. The van der Waals surface area contributed by atoms with Gasteiger partial charge in [-0.05, 0) is 41.8 Å². The molecule has 0 amide bonds. The second-order valence-electron chi connectivity index (χ2n) is 7.59. The normalized spacial score (nSPS) is 11.2. The number of halogens is 3. The number of aliphatic hydroxyl groups excluding tert-OH is 1. The maximum absolute atomic E-state index is 15.8. The van der Waals surface area contributed by atoms with Crippen LogP contribution in [0.25, 0.3) is 28.2 Å². The van der Waals surface area contributed by atoms with E-state index in [-0.39, 0.29) is 23.7 Å². The van der Waals surface area contributed by atoms with Gasteiger partial charge in [0.15, 0.2) is 5.82 Å². The van der Waals surface area contributed by atoms with E-state index >= 15 is 4.39 Å². The van der Waals surface area contributed by atoms with Crippen LogP contribution in [-0.2, 0) is 6.61 Å². The van der Waals surface area contributed by atoms with E-state index < -0.39 is 5.82 Å². The first kappa shape index (κ1) is 23.4. The topological polar surface area (TPSA) is 88.5 Å². The highest BCUT2D eigenvalue weighted by molar-refractivity contribution is 8.00. The number of hydrogen-bond donors (Lipinski definition) is 3. The summed E-state index contributed by atoms with van der Waals surface area (Å²) in [5.41, 5.74) is 8.93. The maximum Gasteiger partial charge on any atom is 0.156 e. The molecule has 0 radical (unpaired) electrons. The molecule has 0 atom stereocenters. The first-order valence-electron chi connectivity index (χ1n) is 10.5. The lowest BCUT2D eigenvalue weighted by Gasteiger charge is -2.12. The first-order chi connectivity index (χ1) is 17.0. The molecule has 0 aliphatic carbocycles. The molecule has 6 nitrogen and oxygen atoms in total. The summed E-state index contributed by atoms with van der Waals surface area (Å²) < 4.78 is 20.6. The minimum Gasteiger partial charge on any atom is -0.392 e. The Morgan fingerprint density at radius 1 is 1.09 bits per heavy atom. The largest absolute Gasteiger partial charge is 0.392 e. The Kier molecular flexibility index (Phi) is 6.53. The van der Waals surface area contributed by atoms with E-state index in [2.05, 4.69) is 9.71 Å². The highest BCUT2D eigenvalue weighted by Gasteiger charge is 2.21. The average Bonchev–Trinajstić information content (AvgIpc) is 3.26. The number of nitrogens with two attached hydrogens (primary N) is 1. The standard InChI is InChI=1S/C25H18Cl2FN5OS/c26-16-11-15(13-34)20(27)19(12-16)35-32-18-8-4-7-17(21(18)28)22-23-24(29)30-9-10-33(23)25(31-22)14-5-2-1-3-6-14/h1-12,32,34H,13H2,(H2,29,30). The smallest absolute Gasteiger partial charge is 0.156 e. The maximum atomic E-state index is 15.8. The number of nitrogens with zero attached hydrogens (tertiary/aromatic N) is 3. The van der Waals surface area contributed by atoms with E-state index in [4.69, 9.17) is 33.9 Å². The van der Waals surface area contributed by atoms with Crippen LogP contribution in [0.15, 0.2) is 78.0 Å². The van der Waals surface area contributed by atoms with Gasteiger partial charge in [0.25, 0.3) is 0 Å². The highest BCUT2D eigenvalue weighted by atomic mass is 35.5. The van der Waals surface area contributed by atoms with Crippen molar-refractivity contribution in [2.75, 3.05) is 10.5 Å². The van der Waals surface area contributed by atoms with E-state index in [1.807, 2.05) is 34.7 Å². The summed E-state index contributed by atoms with van der Waals surface area (Å²) in [6, 6.07) is 17.8. The molecular formula is C25H18Cl2FN5OS. The third-order valence-corrected chi connectivity index (χ3v) is 7.03. The third kappa shape index (κ3) is 4.41. The van der Waals surface area contributed by atoms with Gasteiger partial charge < -0.3 is 15.6 Å². The summed E-state index contributed by atoms with van der Waals surface area (Å²) in [5.74, 6) is 0.356. The Bertz CT molecular complexity index is 1540. The minimum atomic E-state index is -0.511. The molecule has 0 saturated carbocycles. The number of fused-ring (bicyclic) bond motifs is 1. The monoisotopic (exact) mass is 525 g/mol. The molecule has 0 aliphatic heterocycles. The summed E-state index contributed by atoms with van der Waals surface area (Å²) in [6.45, 7) is -0.261. The molecule has 0 saturated heterocycles. The summed E-state index contributed by atoms with van der Waals surface area (Å²) >= 11 is 13.6. The lowest BCUT2D eigenvalue weighted by atomic mass is 10.1. The minimum absolute atomic E-state index is 0.221. The highest BCUT2D eigenvalue weighted by Crippen LogP contribution is 2.38. The van der Waals surface area contributed by atoms with Gasteiger partial charge in [-0.15, -0.1) is 0 Å². The molecule has 176 valence electrons. The van der Waals surface area contributed by atoms with Crippen molar-refractivity contribution in [2.24, 2.45) is 0 Å². The van der Waals surface area contributed by atoms with Gasteiger partial charge in [0.2, 0.25) is 0 Å². The molecule has 0 spiro atoms. The van der Waals surface area contributed by atoms with Gasteiger partial charge in [-0.1, -0.05) is 59.6 Å². The fraction of sp³-hybridized carbons (Fsp3) is 0.0400. The van der Waals surface area contributed by atoms with Crippen molar-refractivity contribution in [3.63, 3.8) is 0 Å². The van der Waals surface area contributed by atoms with Gasteiger partial charge in [-0.25, -0.2) is 14.4 Å². The predicted molar refractivity (Wildman–Crippen MR) is 140 cm³/mol. The number of nitrogens with one attached hydrogen (secondary N) is 1. The van der Waals surface area contributed by atoms with Crippen molar-refractivity contribution in [3.05, 3.63) is 94.5 Å². The number of nitrogen functional groups attached to an aromatic ring is 1. The molecule has 2 aromatic heterocycles. The first-order valence-corrected chi connectivity index (χ1v) is 12.0. The van der Waals surface area contributed by atoms with Crippen LogP contribution in [0.3, 0.4) is 0 Å². The number of imidazole rings is 1. The molecule has 0 aliphatic rings. The van der Waals surface area contributed by atoms with Gasteiger partial charge >= 0.3 is 0 Å². The van der Waals surface area contributed by atoms with Crippen molar-refractivity contribution in [3.8, 4) is 22.6 Å². The summed E-state index contributed by atoms with van der Waals surface area (Å²) in [5, 5.41) is 10.3. The molecule has 4 N–H and O–H groups in total. The van der Waals surface area contributed by atoms with Crippen LogP contribution in [0.4, 0.5) is 15.9 Å². The van der Waals surface area contributed by atoms with Gasteiger partial charge in [0, 0.05) is 33.4 Å². The Balaban J connectivity index is 1.57. The summed E-state index contributed by atoms with van der Waals surface area (Å²) in [4.78, 5) is 9.51. The molecule has 5 rings (SSSR count). The van der Waals surface area contributed by atoms with Gasteiger partial charge in [-0.2, -0.15) is 0 Å². The van der Waals surface area contributed by atoms with E-state index in [1.165, 1.54) is 0 Å². The Morgan fingerprint density at radius 3 is 2.66 bits per heavy atom. The van der Waals surface area contributed by atoms with E-state index in [0.717, 1.165) is 17.5 Å². The van der Waals surface area contributed by atoms with Crippen molar-refractivity contribution in [1.82, 2.24) is 14.4 Å². The fourth-order valence-electron chi connectivity index (χ4n) is 3.75. The molecule has 0 bridgehead atoms. The second-order valence-corrected chi connectivity index (χ2v) is 9.25. The lowest BCUT2D eigenvalue weighted by Crippen LogP contribution is -1.98. The van der Waals surface area contributed by atoms with Crippen LogP contribution in [0, 0.1) is 5.82 Å². The Labute approximate surface area is 214 Å². The van der Waals surface area contributed by atoms with E-state index in [9.17, 15) is 5.11 Å². The van der Waals surface area contributed by atoms with Crippen LogP contribution >= 0.6 is 35.1 Å². The zero-order valence-corrected chi connectivity index (χ0v) is 20.4. The molecule has 2 heterocycles.